The van der Waals surface area contributed by atoms with E-state index >= 15 is 0 Å². The average Bonchev–Trinajstić information content (AvgIpc) is 2.98. The Kier molecular flexibility index (Phi) is 2.67. The third kappa shape index (κ3) is 1.74. The van der Waals surface area contributed by atoms with Crippen LogP contribution >= 0.6 is 27.7 Å². The van der Waals surface area contributed by atoms with E-state index in [1.54, 1.807) is 0 Å². The normalized spacial score (nSPS) is 17.8. The molecular formula is C15H11BrN2S. The third-order valence-corrected chi connectivity index (χ3v) is 5.37. The van der Waals surface area contributed by atoms with Crippen molar-refractivity contribution in [3.63, 3.8) is 0 Å². The van der Waals surface area contributed by atoms with Crippen LogP contribution in [-0.4, -0.2) is 9.55 Å². The second-order valence-electron chi connectivity index (χ2n) is 4.57. The number of rotatable bonds is 1. The van der Waals surface area contributed by atoms with Gasteiger partial charge in [0, 0.05) is 4.47 Å². The van der Waals surface area contributed by atoms with Crippen LogP contribution in [0.3, 0.4) is 0 Å². The molecule has 1 aromatic heterocycles. The minimum absolute atomic E-state index is 0.318. The molecule has 4 heteroatoms. The van der Waals surface area contributed by atoms with E-state index in [2.05, 4.69) is 63.0 Å². The van der Waals surface area contributed by atoms with Gasteiger partial charge in [-0.25, -0.2) is 4.98 Å². The van der Waals surface area contributed by atoms with Gasteiger partial charge < -0.3 is 4.57 Å². The van der Waals surface area contributed by atoms with Gasteiger partial charge in [0.1, 0.15) is 11.2 Å². The number of thioether (sulfide) groups is 1. The SMILES string of the molecule is Brc1ccccc1[C@H]1SCc2nc3ccccc3n21. The highest BCUT2D eigenvalue weighted by atomic mass is 79.9. The summed E-state index contributed by atoms with van der Waals surface area (Å²) in [5, 5.41) is 0.318. The van der Waals surface area contributed by atoms with E-state index in [-0.39, 0.29) is 0 Å². The first-order valence-electron chi connectivity index (χ1n) is 6.16. The zero-order chi connectivity index (χ0) is 12.8. The van der Waals surface area contributed by atoms with Crippen molar-refractivity contribution in [2.75, 3.05) is 0 Å². The van der Waals surface area contributed by atoms with Crippen LogP contribution in [0.5, 0.6) is 0 Å². The zero-order valence-corrected chi connectivity index (χ0v) is 12.5. The van der Waals surface area contributed by atoms with Crippen molar-refractivity contribution in [3.8, 4) is 0 Å². The topological polar surface area (TPSA) is 17.8 Å². The second kappa shape index (κ2) is 4.39. The van der Waals surface area contributed by atoms with E-state index in [0.29, 0.717) is 5.37 Å². The number of halogens is 1. The largest absolute Gasteiger partial charge is 0.310 e. The van der Waals surface area contributed by atoms with Crippen LogP contribution < -0.4 is 0 Å². The van der Waals surface area contributed by atoms with Crippen molar-refractivity contribution < 1.29 is 0 Å². The first-order valence-corrected chi connectivity index (χ1v) is 8.00. The molecule has 1 atom stereocenters. The summed E-state index contributed by atoms with van der Waals surface area (Å²) in [6, 6.07) is 16.8. The molecule has 0 fully saturated rings. The Morgan fingerprint density at radius 1 is 1.11 bits per heavy atom. The van der Waals surface area contributed by atoms with Crippen LogP contribution in [0.15, 0.2) is 53.0 Å². The van der Waals surface area contributed by atoms with Crippen molar-refractivity contribution in [2.24, 2.45) is 0 Å². The third-order valence-electron chi connectivity index (χ3n) is 3.44. The fourth-order valence-electron chi connectivity index (χ4n) is 2.59. The molecule has 1 aliphatic rings. The first kappa shape index (κ1) is 11.6. The van der Waals surface area contributed by atoms with Crippen LogP contribution in [0.2, 0.25) is 0 Å². The van der Waals surface area contributed by atoms with Crippen molar-refractivity contribution in [1.82, 2.24) is 9.55 Å². The molecule has 94 valence electrons. The summed E-state index contributed by atoms with van der Waals surface area (Å²) in [6.45, 7) is 0. The molecule has 2 aromatic carbocycles. The van der Waals surface area contributed by atoms with Crippen molar-refractivity contribution in [2.45, 2.75) is 11.1 Å². The average molecular weight is 331 g/mol. The number of para-hydroxylation sites is 2. The number of fused-ring (bicyclic) bond motifs is 3. The van der Waals surface area contributed by atoms with Gasteiger partial charge in [0.05, 0.1) is 16.8 Å². The van der Waals surface area contributed by atoms with Gasteiger partial charge in [0.15, 0.2) is 0 Å². The summed E-state index contributed by atoms with van der Waals surface area (Å²) >= 11 is 5.59. The predicted molar refractivity (Wildman–Crippen MR) is 83.3 cm³/mol. The Balaban J connectivity index is 1.94. The first-order chi connectivity index (χ1) is 9.34. The van der Waals surface area contributed by atoms with E-state index in [1.807, 2.05) is 17.8 Å². The highest BCUT2D eigenvalue weighted by Crippen LogP contribution is 2.44. The molecule has 4 rings (SSSR count). The maximum absolute atomic E-state index is 4.73. The Morgan fingerprint density at radius 2 is 1.89 bits per heavy atom. The Labute approximate surface area is 124 Å². The predicted octanol–water partition coefficient (Wildman–Crippen LogP) is 4.59. The Hall–Kier alpha value is -1.26. The second-order valence-corrected chi connectivity index (χ2v) is 6.49. The van der Waals surface area contributed by atoms with Gasteiger partial charge in [-0.2, -0.15) is 0 Å². The highest BCUT2D eigenvalue weighted by molar-refractivity contribution is 9.10. The lowest BCUT2D eigenvalue weighted by Crippen LogP contribution is -2.03. The van der Waals surface area contributed by atoms with Crippen molar-refractivity contribution in [1.29, 1.82) is 0 Å². The van der Waals surface area contributed by atoms with E-state index in [4.69, 9.17) is 4.98 Å². The summed E-state index contributed by atoms with van der Waals surface area (Å²) in [5.74, 6) is 2.15. The maximum Gasteiger partial charge on any atom is 0.121 e. The lowest BCUT2D eigenvalue weighted by Gasteiger charge is -2.15. The number of benzene rings is 2. The van der Waals surface area contributed by atoms with Gasteiger partial charge in [-0.15, -0.1) is 11.8 Å². The number of hydrogen-bond donors (Lipinski definition) is 0. The monoisotopic (exact) mass is 330 g/mol. The molecule has 0 N–H and O–H groups in total. The van der Waals surface area contributed by atoms with Crippen molar-refractivity contribution >= 4 is 38.7 Å². The van der Waals surface area contributed by atoms with Crippen LogP contribution in [0.4, 0.5) is 0 Å². The number of imidazole rings is 1. The van der Waals surface area contributed by atoms with E-state index in [0.717, 1.165) is 15.7 Å². The molecule has 0 saturated carbocycles. The summed E-state index contributed by atoms with van der Waals surface area (Å²) in [6.07, 6.45) is 0. The molecule has 0 saturated heterocycles. The Bertz CT molecular complexity index is 766. The minimum atomic E-state index is 0.318. The Morgan fingerprint density at radius 3 is 2.79 bits per heavy atom. The van der Waals surface area contributed by atoms with E-state index < -0.39 is 0 Å². The zero-order valence-electron chi connectivity index (χ0n) is 10.1. The molecule has 0 bridgehead atoms. The minimum Gasteiger partial charge on any atom is -0.310 e. The lowest BCUT2D eigenvalue weighted by atomic mass is 10.2. The summed E-state index contributed by atoms with van der Waals surface area (Å²) in [4.78, 5) is 4.73. The molecule has 3 aromatic rings. The quantitative estimate of drug-likeness (QED) is 0.649. The summed E-state index contributed by atoms with van der Waals surface area (Å²) in [7, 11) is 0. The number of aromatic nitrogens is 2. The smallest absolute Gasteiger partial charge is 0.121 e. The van der Waals surface area contributed by atoms with Crippen LogP contribution in [-0.2, 0) is 5.75 Å². The molecule has 0 unspecified atom stereocenters. The van der Waals surface area contributed by atoms with Gasteiger partial charge >= 0.3 is 0 Å². The molecule has 1 aliphatic heterocycles. The van der Waals surface area contributed by atoms with Crippen LogP contribution in [0.1, 0.15) is 16.8 Å². The van der Waals surface area contributed by atoms with E-state index in [1.165, 1.54) is 16.9 Å². The van der Waals surface area contributed by atoms with Crippen LogP contribution in [0.25, 0.3) is 11.0 Å². The van der Waals surface area contributed by atoms with E-state index in [9.17, 15) is 0 Å². The molecule has 0 spiro atoms. The molecule has 0 aliphatic carbocycles. The fourth-order valence-corrected chi connectivity index (χ4v) is 4.52. The van der Waals surface area contributed by atoms with Gasteiger partial charge in [-0.3, -0.25) is 0 Å². The standard InChI is InChI=1S/C15H11BrN2S/c16-11-6-2-1-5-10(11)15-18-13-8-4-3-7-12(13)17-14(18)9-19-15/h1-8,15H,9H2/t15-/m1/s1. The molecule has 2 heterocycles. The number of nitrogens with zero attached hydrogens (tertiary/aromatic N) is 2. The maximum atomic E-state index is 4.73. The fraction of sp³-hybridized carbons (Fsp3) is 0.133. The van der Waals surface area contributed by atoms with Crippen LogP contribution in [0, 0.1) is 0 Å². The number of hydrogen-bond acceptors (Lipinski definition) is 2. The molecular weight excluding hydrogens is 320 g/mol. The highest BCUT2D eigenvalue weighted by Gasteiger charge is 2.28. The van der Waals surface area contributed by atoms with Crippen molar-refractivity contribution in [3.05, 3.63) is 64.4 Å². The molecule has 0 radical (unpaired) electrons. The molecule has 2 nitrogen and oxygen atoms in total. The lowest BCUT2D eigenvalue weighted by molar-refractivity contribution is 0.791. The summed E-state index contributed by atoms with van der Waals surface area (Å²) in [5.41, 5.74) is 3.63. The van der Waals surface area contributed by atoms with Gasteiger partial charge in [-0.05, 0) is 23.8 Å². The summed E-state index contributed by atoms with van der Waals surface area (Å²) < 4.78 is 3.53. The molecule has 19 heavy (non-hydrogen) atoms. The van der Waals surface area contributed by atoms with Gasteiger partial charge in [-0.1, -0.05) is 46.3 Å². The van der Waals surface area contributed by atoms with Gasteiger partial charge in [0.25, 0.3) is 0 Å². The van der Waals surface area contributed by atoms with Gasteiger partial charge in [0.2, 0.25) is 0 Å². The molecule has 0 amide bonds.